The van der Waals surface area contributed by atoms with E-state index in [1.807, 2.05) is 6.07 Å². The lowest BCUT2D eigenvalue weighted by Gasteiger charge is -2.19. The normalized spacial score (nSPS) is 13.1. The molecule has 376 valence electrons. The van der Waals surface area contributed by atoms with Gasteiger partial charge in [-0.3, -0.25) is 19.2 Å². The molecular weight excluding hydrogens is 923 g/mol. The van der Waals surface area contributed by atoms with Gasteiger partial charge in [-0.25, -0.2) is 4.79 Å². The Morgan fingerprint density at radius 3 is 2.01 bits per heavy atom. The summed E-state index contributed by atoms with van der Waals surface area (Å²) in [6.07, 6.45) is 18.6. The molecule has 0 atom stereocenters. The first kappa shape index (κ1) is 54.2. The lowest BCUT2D eigenvalue weighted by atomic mass is 9.82. The van der Waals surface area contributed by atoms with Crippen LogP contribution in [0.1, 0.15) is 149 Å². The van der Waals surface area contributed by atoms with E-state index in [-0.39, 0.29) is 46.4 Å². The number of carboxylic acid groups (broad SMARTS) is 1. The van der Waals surface area contributed by atoms with Crippen LogP contribution in [0.5, 0.6) is 5.75 Å². The molecule has 3 aliphatic rings. The first-order valence-electron chi connectivity index (χ1n) is 24.9. The van der Waals surface area contributed by atoms with Gasteiger partial charge in [0.25, 0.3) is 0 Å². The number of nitrogens with one attached hydrogen (secondary N) is 3. The van der Waals surface area contributed by atoms with Crippen molar-refractivity contribution in [3.05, 3.63) is 163 Å². The third-order valence-corrected chi connectivity index (χ3v) is 13.3. The summed E-state index contributed by atoms with van der Waals surface area (Å²) < 4.78 is 5.92. The number of allylic oxidation sites excluding steroid dienone is 10. The van der Waals surface area contributed by atoms with Crippen LogP contribution in [0.4, 0.5) is 5.69 Å². The van der Waals surface area contributed by atoms with Gasteiger partial charge in [-0.05, 0) is 178 Å². The molecule has 1 aliphatic heterocycles. The van der Waals surface area contributed by atoms with Gasteiger partial charge in [0.2, 0.25) is 5.91 Å². The van der Waals surface area contributed by atoms with Crippen LogP contribution in [-0.4, -0.2) is 51.9 Å². The molecule has 72 heavy (non-hydrogen) atoms. The standard InChI is InChI=1S/C60H67N3O8S/c1-37(2)13-10-14-38(3)15-11-16-39(4)17-12-18-40(5)19-25-46-41(6)57(67)51-33-42(20-26-48(51)58(46)68)21-30-55(66)61-31-8-7-9-32-62-60(72)63-43-22-27-47(52(34-43)59(69)70)56-49-28-23-44(64)35-53(49)71-54-36-45(65)24-29-50(54)56/h13,15,17,19-20,22-24,26-29,33-36,64H,7-12,14,16,18,21,25,30-32H2,1-6H3,(H,61,66)(H,69,70)(H2,62,63,72)/b38-15+,39-17+,40-19+. The van der Waals surface area contributed by atoms with E-state index in [1.165, 1.54) is 52.6 Å². The number of Topliss-reactive ketones (excluding diaryl/α,β-unsaturated/α-hetero) is 2. The summed E-state index contributed by atoms with van der Waals surface area (Å²) in [5, 5.41) is 30.5. The fourth-order valence-corrected chi connectivity index (χ4v) is 9.08. The average Bonchev–Trinajstić information content (AvgIpc) is 3.33. The Kier molecular flexibility index (Phi) is 19.4. The topological polar surface area (TPSA) is 175 Å². The number of carbonyl (C=O) groups is 4. The van der Waals surface area contributed by atoms with Gasteiger partial charge in [0, 0.05) is 76.1 Å². The van der Waals surface area contributed by atoms with Crippen LogP contribution in [0.15, 0.2) is 140 Å². The molecule has 0 saturated heterocycles. The van der Waals surface area contributed by atoms with Crippen molar-refractivity contribution in [1.29, 1.82) is 0 Å². The molecule has 0 saturated carbocycles. The van der Waals surface area contributed by atoms with E-state index < -0.39 is 5.97 Å². The number of aromatic hydroxyl groups is 1. The summed E-state index contributed by atoms with van der Waals surface area (Å²) in [5.74, 6) is -1.28. The average molecular weight is 990 g/mol. The Morgan fingerprint density at radius 1 is 0.667 bits per heavy atom. The molecule has 2 aliphatic carbocycles. The molecule has 0 radical (unpaired) electrons. The zero-order valence-corrected chi connectivity index (χ0v) is 43.2. The highest BCUT2D eigenvalue weighted by Gasteiger charge is 2.30. The molecule has 0 bridgehead atoms. The Morgan fingerprint density at radius 2 is 1.32 bits per heavy atom. The third-order valence-electron chi connectivity index (χ3n) is 13.0. The minimum atomic E-state index is -1.16. The van der Waals surface area contributed by atoms with E-state index in [2.05, 4.69) is 74.9 Å². The Labute approximate surface area is 428 Å². The van der Waals surface area contributed by atoms with E-state index in [1.54, 1.807) is 43.3 Å². The van der Waals surface area contributed by atoms with Crippen molar-refractivity contribution >= 4 is 57.4 Å². The van der Waals surface area contributed by atoms with Crippen molar-refractivity contribution in [3.63, 3.8) is 0 Å². The van der Waals surface area contributed by atoms with Crippen molar-refractivity contribution in [2.24, 2.45) is 0 Å². The summed E-state index contributed by atoms with van der Waals surface area (Å²) in [6, 6.07) is 19.1. The van der Waals surface area contributed by atoms with Crippen LogP contribution < -0.4 is 21.4 Å². The number of fused-ring (bicyclic) bond motifs is 3. The number of amides is 1. The number of rotatable bonds is 23. The number of ketones is 2. The maximum Gasteiger partial charge on any atom is 0.336 e. The molecular formula is C60H67N3O8S. The molecule has 6 rings (SSSR count). The Hall–Kier alpha value is -7.18. The van der Waals surface area contributed by atoms with Crippen LogP contribution in [0.2, 0.25) is 0 Å². The highest BCUT2D eigenvalue weighted by molar-refractivity contribution is 7.80. The van der Waals surface area contributed by atoms with Gasteiger partial charge in [-0.2, -0.15) is 0 Å². The van der Waals surface area contributed by atoms with Gasteiger partial charge in [0.05, 0.1) is 5.56 Å². The first-order valence-corrected chi connectivity index (χ1v) is 25.3. The second-order valence-electron chi connectivity index (χ2n) is 19.1. The van der Waals surface area contributed by atoms with Crippen molar-refractivity contribution in [3.8, 4) is 28.2 Å². The number of benzene rings is 4. The number of hydrogen-bond donors (Lipinski definition) is 5. The zero-order valence-electron chi connectivity index (χ0n) is 42.4. The number of anilines is 1. The van der Waals surface area contributed by atoms with E-state index in [4.69, 9.17) is 16.6 Å². The number of carbonyl (C=O) groups excluding carboxylic acids is 3. The largest absolute Gasteiger partial charge is 0.508 e. The summed E-state index contributed by atoms with van der Waals surface area (Å²) in [6.45, 7) is 13.6. The number of phenols is 1. The quantitative estimate of drug-likeness (QED) is 0.0182. The highest BCUT2D eigenvalue weighted by Crippen LogP contribution is 2.42. The van der Waals surface area contributed by atoms with Crippen molar-refractivity contribution < 1.29 is 33.8 Å². The molecule has 11 nitrogen and oxygen atoms in total. The predicted octanol–water partition coefficient (Wildman–Crippen LogP) is 13.4. The second-order valence-corrected chi connectivity index (χ2v) is 19.5. The summed E-state index contributed by atoms with van der Waals surface area (Å²) >= 11 is 5.51. The van der Waals surface area contributed by atoms with Crippen molar-refractivity contribution in [2.75, 3.05) is 18.4 Å². The van der Waals surface area contributed by atoms with E-state index in [9.17, 15) is 34.2 Å². The minimum Gasteiger partial charge on any atom is -0.508 e. The molecule has 0 fully saturated rings. The molecule has 0 aromatic heterocycles. The fourth-order valence-electron chi connectivity index (χ4n) is 8.86. The van der Waals surface area contributed by atoms with Crippen LogP contribution >= 0.6 is 12.2 Å². The van der Waals surface area contributed by atoms with Gasteiger partial charge < -0.3 is 30.6 Å². The fraction of sp³-hybridized carbons (Fsp3) is 0.333. The number of thiocarbonyl (C=S) groups is 1. The predicted molar refractivity (Wildman–Crippen MR) is 293 cm³/mol. The van der Waals surface area contributed by atoms with Gasteiger partial charge in [0.15, 0.2) is 22.1 Å². The lowest BCUT2D eigenvalue weighted by molar-refractivity contribution is -0.121. The van der Waals surface area contributed by atoms with Gasteiger partial charge in [-0.15, -0.1) is 0 Å². The van der Waals surface area contributed by atoms with Crippen molar-refractivity contribution in [1.82, 2.24) is 10.6 Å². The monoisotopic (exact) mass is 989 g/mol. The molecule has 3 aromatic rings. The molecule has 5 N–H and O–H groups in total. The molecule has 1 heterocycles. The number of hydrogen-bond acceptors (Lipinski definition) is 8. The number of aromatic carboxylic acids is 1. The summed E-state index contributed by atoms with van der Waals surface area (Å²) in [4.78, 5) is 64.7. The maximum atomic E-state index is 13.6. The number of aryl methyl sites for hydroxylation is 1. The molecule has 12 heteroatoms. The van der Waals surface area contributed by atoms with Crippen LogP contribution in [0, 0.1) is 0 Å². The Bertz CT molecular complexity index is 3060. The number of carboxylic acids is 1. The SMILES string of the molecule is CC(C)=CCC/C(C)=C/CC/C(C)=C/CC/C(C)=C/CC1=C(C)C(=O)c2cc(CCC(=O)NCCCCCNC(=S)Nc3ccc(-c4c5ccc(=O)cc-5oc5cc(O)ccc45)c(C(=O)O)c3)ccc2C1=O. The molecule has 0 spiro atoms. The van der Waals surface area contributed by atoms with E-state index in [0.717, 1.165) is 63.4 Å². The molecule has 3 aromatic carbocycles. The highest BCUT2D eigenvalue weighted by atomic mass is 32.1. The number of phenolic OH excluding ortho intramolecular Hbond substituents is 1. The van der Waals surface area contributed by atoms with Gasteiger partial charge in [-0.1, -0.05) is 64.8 Å². The minimum absolute atomic E-state index is 0.00322. The third kappa shape index (κ3) is 14.9. The van der Waals surface area contributed by atoms with Gasteiger partial charge in [0.1, 0.15) is 17.1 Å². The van der Waals surface area contributed by atoms with Crippen LogP contribution in [0.25, 0.3) is 33.4 Å². The molecule has 0 unspecified atom stereocenters. The van der Waals surface area contributed by atoms with E-state index in [0.29, 0.717) is 86.7 Å². The van der Waals surface area contributed by atoms with Crippen LogP contribution in [0.3, 0.4) is 0 Å². The van der Waals surface area contributed by atoms with Crippen molar-refractivity contribution in [2.45, 2.75) is 119 Å². The first-order chi connectivity index (χ1) is 34.5. The summed E-state index contributed by atoms with van der Waals surface area (Å²) in [7, 11) is 0. The zero-order chi connectivity index (χ0) is 51.9. The summed E-state index contributed by atoms with van der Waals surface area (Å²) in [5.41, 5.74) is 10.1. The lowest BCUT2D eigenvalue weighted by Crippen LogP contribution is -2.29. The maximum absolute atomic E-state index is 13.6. The van der Waals surface area contributed by atoms with Crippen LogP contribution in [-0.2, 0) is 11.2 Å². The second kappa shape index (κ2) is 25.8. The van der Waals surface area contributed by atoms with Gasteiger partial charge >= 0.3 is 5.97 Å². The smallest absolute Gasteiger partial charge is 0.336 e. The van der Waals surface area contributed by atoms with E-state index >= 15 is 0 Å². The Balaban J connectivity index is 0.897. The number of unbranched alkanes of at least 4 members (excludes halogenated alkanes) is 2. The molecule has 1 amide bonds.